The molecule has 0 radical (unpaired) electrons. The molecule has 0 spiro atoms. The van der Waals surface area contributed by atoms with Crippen molar-refractivity contribution in [1.29, 1.82) is 0 Å². The number of hydrogen-bond acceptors (Lipinski definition) is 4. The zero-order valence-corrected chi connectivity index (χ0v) is 31.8. The first-order valence-corrected chi connectivity index (χ1v) is 19.3. The molecule has 0 N–H and O–H groups in total. The number of para-hydroxylation sites is 2. The molecule has 0 fully saturated rings. The second kappa shape index (κ2) is 11.8. The lowest BCUT2D eigenvalue weighted by Gasteiger charge is -2.42. The van der Waals surface area contributed by atoms with E-state index in [0.29, 0.717) is 0 Å². The number of fused-ring (bicyclic) bond motifs is 1. The molecule has 9 aromatic rings. The van der Waals surface area contributed by atoms with Crippen molar-refractivity contribution in [3.63, 3.8) is 0 Å². The number of hydrogen-bond donors (Lipinski definition) is 0. The Labute approximate surface area is 326 Å². The quantitative estimate of drug-likeness (QED) is 0.171. The fraction of sp³-hybridized carbons (Fsp3) is 0.118. The summed E-state index contributed by atoms with van der Waals surface area (Å²) in [6, 6.07) is 52.1. The van der Waals surface area contributed by atoms with Crippen LogP contribution in [-0.4, -0.2) is 19.5 Å². The molecule has 0 unspecified atom stereocenters. The van der Waals surface area contributed by atoms with Gasteiger partial charge in [0.05, 0.1) is 28.1 Å². The number of pyridine rings is 3. The van der Waals surface area contributed by atoms with Crippen LogP contribution in [0, 0.1) is 0 Å². The van der Waals surface area contributed by atoms with E-state index >= 15 is 0 Å². The normalized spacial score (nSPS) is 14.4. The molecule has 56 heavy (non-hydrogen) atoms. The van der Waals surface area contributed by atoms with Crippen molar-refractivity contribution in [3.05, 3.63) is 186 Å². The van der Waals surface area contributed by atoms with Gasteiger partial charge < -0.3 is 4.57 Å². The topological polar surface area (TPSA) is 46.8 Å². The molecular weight excluding hydrogens is 683 g/mol. The van der Waals surface area contributed by atoms with E-state index in [1.54, 1.807) is 0 Å². The Morgan fingerprint density at radius 2 is 0.982 bits per heavy atom. The molecule has 0 amide bonds. The lowest BCUT2D eigenvalue weighted by molar-refractivity contribution is 0.594. The highest BCUT2D eigenvalue weighted by molar-refractivity contribution is 6.14. The zero-order valence-electron chi connectivity index (χ0n) is 31.8. The van der Waals surface area contributed by atoms with Gasteiger partial charge >= 0.3 is 0 Å². The molecule has 4 aromatic heterocycles. The molecule has 5 heteroatoms. The molecule has 5 nitrogen and oxygen atoms in total. The van der Waals surface area contributed by atoms with Crippen molar-refractivity contribution in [2.75, 3.05) is 4.90 Å². The van der Waals surface area contributed by atoms with Crippen molar-refractivity contribution in [1.82, 2.24) is 19.5 Å². The summed E-state index contributed by atoms with van der Waals surface area (Å²) in [5.41, 5.74) is 17.3. The lowest BCUT2D eigenvalue weighted by atomic mass is 9.68. The Bertz CT molecular complexity index is 2840. The lowest BCUT2D eigenvalue weighted by Crippen LogP contribution is -2.33. The van der Waals surface area contributed by atoms with Gasteiger partial charge in [-0.3, -0.25) is 14.9 Å². The van der Waals surface area contributed by atoms with Crippen molar-refractivity contribution in [2.24, 2.45) is 0 Å². The summed E-state index contributed by atoms with van der Waals surface area (Å²) in [6.45, 7) is 9.56. The number of aromatic nitrogens is 4. The van der Waals surface area contributed by atoms with Crippen molar-refractivity contribution in [3.8, 4) is 39.3 Å². The van der Waals surface area contributed by atoms with Gasteiger partial charge in [0.2, 0.25) is 0 Å². The molecule has 0 aliphatic carbocycles. The molecule has 11 rings (SSSR count). The Morgan fingerprint density at radius 3 is 1.46 bits per heavy atom. The van der Waals surface area contributed by atoms with Gasteiger partial charge in [0.15, 0.2) is 0 Å². The van der Waals surface area contributed by atoms with Crippen molar-refractivity contribution >= 4 is 39.0 Å². The summed E-state index contributed by atoms with van der Waals surface area (Å²) in [7, 11) is 0. The van der Waals surface area contributed by atoms with Crippen LogP contribution in [0.25, 0.3) is 61.1 Å². The largest absolute Gasteiger partial charge is 0.308 e. The van der Waals surface area contributed by atoms with Crippen LogP contribution in [0.15, 0.2) is 164 Å². The summed E-state index contributed by atoms with van der Waals surface area (Å²) < 4.78 is 2.58. The molecule has 0 saturated heterocycles. The Hall–Kier alpha value is -6.85. The SMILES string of the molecule is CC1(C)c2cc(-c3ccc(N(c4cccc(-c5ccccn5)c4)c4cccc(-c5ccccn5)c4)nc3)cc3c2-n2c4c1cccc4c1cccc(c12)C3(C)C. The molecule has 2 aliphatic heterocycles. The maximum absolute atomic E-state index is 5.25. The molecule has 0 atom stereocenters. The van der Waals surface area contributed by atoms with E-state index in [-0.39, 0.29) is 10.8 Å². The van der Waals surface area contributed by atoms with Crippen LogP contribution in [-0.2, 0) is 10.8 Å². The van der Waals surface area contributed by atoms with Crippen LogP contribution in [0.2, 0.25) is 0 Å². The smallest absolute Gasteiger partial charge is 0.137 e. The standard InChI is InChI=1S/C51H39N5/c1-50(2)40-19-11-17-38-39-18-12-20-41-48(39)56(47(38)40)49-42(50)29-35(30-43(49)51(41,3)4)34-23-24-46(54-31-34)55(36-15-9-13-32(27-36)44-21-5-7-25-52-44)37-16-10-14-33(28-37)45-22-6-8-26-53-45/h5-31H,1-4H3. The number of anilines is 3. The van der Waals surface area contributed by atoms with Crippen molar-refractivity contribution in [2.45, 2.75) is 38.5 Å². The van der Waals surface area contributed by atoms with Crippen LogP contribution in [0.1, 0.15) is 49.9 Å². The summed E-state index contributed by atoms with van der Waals surface area (Å²) in [5, 5.41) is 2.68. The molecule has 0 saturated carbocycles. The van der Waals surface area contributed by atoms with Crippen LogP contribution in [0.5, 0.6) is 0 Å². The highest BCUT2D eigenvalue weighted by atomic mass is 15.2. The Balaban J connectivity index is 1.07. The second-order valence-electron chi connectivity index (χ2n) is 16.2. The van der Waals surface area contributed by atoms with Crippen LogP contribution in [0.3, 0.4) is 0 Å². The molecule has 6 heterocycles. The van der Waals surface area contributed by atoms with Gasteiger partial charge in [-0.25, -0.2) is 4.98 Å². The average molecular weight is 722 g/mol. The first kappa shape index (κ1) is 32.6. The molecule has 268 valence electrons. The maximum atomic E-state index is 5.25. The molecular formula is C51H39N5. The highest BCUT2D eigenvalue weighted by Crippen LogP contribution is 2.56. The number of nitrogens with zero attached hydrogens (tertiary/aromatic N) is 5. The summed E-state index contributed by atoms with van der Waals surface area (Å²) in [6.07, 6.45) is 5.72. The number of rotatable bonds is 6. The van der Waals surface area contributed by atoms with Crippen LogP contribution < -0.4 is 4.90 Å². The van der Waals surface area contributed by atoms with E-state index in [1.165, 1.54) is 55.3 Å². The van der Waals surface area contributed by atoms with Gasteiger partial charge in [-0.2, -0.15) is 0 Å². The molecule has 5 aromatic carbocycles. The zero-order chi connectivity index (χ0) is 37.8. The Morgan fingerprint density at radius 1 is 0.446 bits per heavy atom. The minimum absolute atomic E-state index is 0.195. The van der Waals surface area contributed by atoms with Gasteiger partial charge in [0.1, 0.15) is 5.82 Å². The van der Waals surface area contributed by atoms with Gasteiger partial charge in [0, 0.05) is 68.3 Å². The minimum Gasteiger partial charge on any atom is -0.308 e. The summed E-state index contributed by atoms with van der Waals surface area (Å²) in [4.78, 5) is 16.8. The van der Waals surface area contributed by atoms with Gasteiger partial charge in [-0.15, -0.1) is 0 Å². The Kier molecular flexibility index (Phi) is 6.88. The van der Waals surface area contributed by atoms with Gasteiger partial charge in [-0.05, 0) is 101 Å². The fourth-order valence-electron chi connectivity index (χ4n) is 9.41. The van der Waals surface area contributed by atoms with E-state index in [9.17, 15) is 0 Å². The first-order chi connectivity index (χ1) is 27.3. The summed E-state index contributed by atoms with van der Waals surface area (Å²) >= 11 is 0. The van der Waals surface area contributed by atoms with E-state index in [2.05, 4.69) is 156 Å². The third-order valence-electron chi connectivity index (χ3n) is 12.3. The predicted molar refractivity (Wildman–Crippen MR) is 229 cm³/mol. The van der Waals surface area contributed by atoms with E-state index < -0.39 is 0 Å². The third kappa shape index (κ3) is 4.64. The second-order valence-corrected chi connectivity index (χ2v) is 16.2. The van der Waals surface area contributed by atoms with Gasteiger partial charge in [-0.1, -0.05) is 100 Å². The molecule has 0 bridgehead atoms. The number of benzene rings is 5. The first-order valence-electron chi connectivity index (χ1n) is 19.3. The highest BCUT2D eigenvalue weighted by Gasteiger charge is 2.43. The van der Waals surface area contributed by atoms with E-state index in [1.807, 2.05) is 55.0 Å². The molecule has 2 aliphatic rings. The monoisotopic (exact) mass is 721 g/mol. The van der Waals surface area contributed by atoms with Gasteiger partial charge in [0.25, 0.3) is 0 Å². The minimum atomic E-state index is -0.195. The maximum Gasteiger partial charge on any atom is 0.137 e. The third-order valence-corrected chi connectivity index (χ3v) is 12.3. The van der Waals surface area contributed by atoms with Crippen LogP contribution >= 0.6 is 0 Å². The van der Waals surface area contributed by atoms with E-state index in [0.717, 1.165) is 45.3 Å². The summed E-state index contributed by atoms with van der Waals surface area (Å²) in [5.74, 6) is 0.824. The van der Waals surface area contributed by atoms with Crippen molar-refractivity contribution < 1.29 is 0 Å². The average Bonchev–Trinajstić information content (AvgIpc) is 3.58. The van der Waals surface area contributed by atoms with Crippen LogP contribution in [0.4, 0.5) is 17.2 Å². The van der Waals surface area contributed by atoms with E-state index in [4.69, 9.17) is 4.98 Å². The fourth-order valence-corrected chi connectivity index (χ4v) is 9.41. The predicted octanol–water partition coefficient (Wildman–Crippen LogP) is 12.7.